The Labute approximate surface area is 335 Å². The summed E-state index contributed by atoms with van der Waals surface area (Å²) in [6.07, 6.45) is 0. The maximum absolute atomic E-state index is 3.50. The molecule has 0 heteroatoms. The molecule has 3 aliphatic carbocycles. The average Bonchev–Trinajstić information content (AvgIpc) is 3.17. The largest absolute Gasteiger partial charge is 0.0617 e. The van der Waals surface area contributed by atoms with Crippen molar-refractivity contribution >= 4 is 0 Å². The molecule has 0 N–H and O–H groups in total. The zero-order chi connectivity index (χ0) is 39.4. The third kappa shape index (κ3) is 7.36. The molecule has 0 fully saturated rings. The van der Waals surface area contributed by atoms with Gasteiger partial charge < -0.3 is 0 Å². The molecule has 0 radical (unpaired) electrons. The molecule has 0 heterocycles. The Morgan fingerprint density at radius 3 is 0.732 bits per heavy atom. The molecule has 6 aromatic carbocycles. The van der Waals surface area contributed by atoms with Crippen LogP contribution in [0.1, 0.15) is 158 Å². The molecular formula is C56H50. The second-order valence-electron chi connectivity index (χ2n) is 18.6. The van der Waals surface area contributed by atoms with Gasteiger partial charge in [-0.15, -0.1) is 0 Å². The van der Waals surface area contributed by atoms with Gasteiger partial charge in [0.1, 0.15) is 0 Å². The van der Waals surface area contributed by atoms with E-state index in [1.165, 1.54) is 50.1 Å². The predicted octanol–water partition coefficient (Wildman–Crippen LogP) is 12.8. The van der Waals surface area contributed by atoms with Crippen molar-refractivity contribution in [2.75, 3.05) is 0 Å². The van der Waals surface area contributed by atoms with Gasteiger partial charge >= 0.3 is 0 Å². The first kappa shape index (κ1) is 36.9. The highest BCUT2D eigenvalue weighted by Gasteiger charge is 2.41. The van der Waals surface area contributed by atoms with Crippen molar-refractivity contribution in [2.45, 2.75) is 90.4 Å². The van der Waals surface area contributed by atoms with Crippen LogP contribution < -0.4 is 0 Å². The van der Waals surface area contributed by atoms with Gasteiger partial charge in [-0.2, -0.15) is 0 Å². The minimum absolute atomic E-state index is 0.0904. The lowest BCUT2D eigenvalue weighted by Crippen LogP contribution is -2.27. The molecule has 0 atom stereocenters. The fourth-order valence-electron chi connectivity index (χ4n) is 8.10. The van der Waals surface area contributed by atoms with Crippen molar-refractivity contribution < 1.29 is 0 Å². The Morgan fingerprint density at radius 2 is 0.482 bits per heavy atom. The van der Waals surface area contributed by atoms with Gasteiger partial charge in [-0.05, 0) is 139 Å². The van der Waals surface area contributed by atoms with E-state index in [4.69, 9.17) is 0 Å². The standard InChI is InChI=1S/C56H50/c1-54(2,3)43-25-16-37(17-26-43)10-13-40-24-33-48-49(34-40)52-46-31-22-41(14-11-38-18-27-44(28-19-38)55(4,5)6)35-50(46)53(48)51-36-42(23-32-47(51)52)15-12-39-20-29-45(30-21-39)56(7,8)9/h16-36,52-53H,1-9H3. The summed E-state index contributed by atoms with van der Waals surface area (Å²) < 4.78 is 0. The zero-order valence-corrected chi connectivity index (χ0v) is 34.3. The van der Waals surface area contributed by atoms with Crippen molar-refractivity contribution in [3.63, 3.8) is 0 Å². The van der Waals surface area contributed by atoms with Crippen LogP contribution in [0.2, 0.25) is 0 Å². The van der Waals surface area contributed by atoms with Crippen molar-refractivity contribution in [2.24, 2.45) is 0 Å². The van der Waals surface area contributed by atoms with Crippen molar-refractivity contribution in [1.82, 2.24) is 0 Å². The smallest absolute Gasteiger partial charge is 0.0350 e. The molecule has 0 spiro atoms. The van der Waals surface area contributed by atoms with E-state index >= 15 is 0 Å². The molecule has 0 aromatic heterocycles. The summed E-state index contributed by atoms with van der Waals surface area (Å²) >= 11 is 0. The van der Waals surface area contributed by atoms with Crippen LogP contribution in [0.4, 0.5) is 0 Å². The highest BCUT2D eigenvalue weighted by molar-refractivity contribution is 5.71. The molecule has 0 unspecified atom stereocenters. The molecule has 3 aliphatic rings. The van der Waals surface area contributed by atoms with E-state index in [0.717, 1.165) is 33.4 Å². The van der Waals surface area contributed by atoms with Gasteiger partial charge in [0, 0.05) is 45.2 Å². The second kappa shape index (κ2) is 13.9. The van der Waals surface area contributed by atoms with Crippen molar-refractivity contribution in [3.05, 3.63) is 211 Å². The van der Waals surface area contributed by atoms with Gasteiger partial charge in [0.25, 0.3) is 0 Å². The average molecular weight is 723 g/mol. The molecule has 9 rings (SSSR count). The molecule has 0 amide bonds. The highest BCUT2D eigenvalue weighted by atomic mass is 14.4. The topological polar surface area (TPSA) is 0 Å². The summed E-state index contributed by atoms with van der Waals surface area (Å²) in [4.78, 5) is 0. The van der Waals surface area contributed by atoms with Crippen LogP contribution in [-0.4, -0.2) is 0 Å². The Kier molecular flexibility index (Phi) is 9.20. The van der Waals surface area contributed by atoms with Gasteiger partial charge in [0.2, 0.25) is 0 Å². The molecule has 2 bridgehead atoms. The van der Waals surface area contributed by atoms with Gasteiger partial charge in [-0.3, -0.25) is 0 Å². The van der Waals surface area contributed by atoms with Crippen molar-refractivity contribution in [1.29, 1.82) is 0 Å². The number of hydrogen-bond acceptors (Lipinski definition) is 0. The highest BCUT2D eigenvalue weighted by Crippen LogP contribution is 2.56. The minimum Gasteiger partial charge on any atom is -0.0617 e. The van der Waals surface area contributed by atoms with E-state index in [-0.39, 0.29) is 28.1 Å². The van der Waals surface area contributed by atoms with Crippen LogP contribution in [-0.2, 0) is 16.2 Å². The summed E-state index contributed by atoms with van der Waals surface area (Å²) in [7, 11) is 0. The van der Waals surface area contributed by atoms with Crippen LogP contribution in [0.25, 0.3) is 0 Å². The summed E-state index contributed by atoms with van der Waals surface area (Å²) in [6, 6.07) is 46.6. The summed E-state index contributed by atoms with van der Waals surface area (Å²) in [5.41, 5.74) is 18.6. The summed E-state index contributed by atoms with van der Waals surface area (Å²) in [5, 5.41) is 0. The van der Waals surface area contributed by atoms with E-state index in [1.807, 2.05) is 0 Å². The number of hydrogen-bond donors (Lipinski definition) is 0. The number of rotatable bonds is 0. The molecular weight excluding hydrogens is 673 g/mol. The first-order valence-electron chi connectivity index (χ1n) is 19.9. The molecule has 274 valence electrons. The Hall–Kier alpha value is -6.00. The van der Waals surface area contributed by atoms with Crippen molar-refractivity contribution in [3.8, 4) is 35.5 Å². The van der Waals surface area contributed by atoms with Crippen LogP contribution in [0, 0.1) is 35.5 Å². The fourth-order valence-corrected chi connectivity index (χ4v) is 8.10. The number of benzene rings is 6. The van der Waals surface area contributed by atoms with E-state index < -0.39 is 0 Å². The van der Waals surface area contributed by atoms with Crippen LogP contribution in [0.3, 0.4) is 0 Å². The molecule has 0 nitrogen and oxygen atoms in total. The maximum atomic E-state index is 3.50. The first-order valence-corrected chi connectivity index (χ1v) is 19.9. The normalized spacial score (nSPS) is 15.2. The Balaban J connectivity index is 1.16. The lowest BCUT2D eigenvalue weighted by atomic mass is 9.60. The van der Waals surface area contributed by atoms with E-state index in [2.05, 4.69) is 225 Å². The lowest BCUT2D eigenvalue weighted by Gasteiger charge is -2.42. The van der Waals surface area contributed by atoms with Gasteiger partial charge in [0.05, 0.1) is 0 Å². The second-order valence-corrected chi connectivity index (χ2v) is 18.6. The molecule has 56 heavy (non-hydrogen) atoms. The molecule has 0 saturated heterocycles. The van der Waals surface area contributed by atoms with E-state index in [0.29, 0.717) is 0 Å². The Morgan fingerprint density at radius 1 is 0.268 bits per heavy atom. The van der Waals surface area contributed by atoms with Crippen LogP contribution >= 0.6 is 0 Å². The van der Waals surface area contributed by atoms with Gasteiger partial charge in [0.15, 0.2) is 0 Å². The first-order chi connectivity index (χ1) is 26.6. The van der Waals surface area contributed by atoms with E-state index in [1.54, 1.807) is 0 Å². The monoisotopic (exact) mass is 722 g/mol. The lowest BCUT2D eigenvalue weighted by molar-refractivity contribution is 0.590. The predicted molar refractivity (Wildman–Crippen MR) is 235 cm³/mol. The SMILES string of the molecule is CC(C)(C)c1ccc(C#Cc2ccc3c(c2)C2c4ccc(C#Cc5ccc(C(C)(C)C)cc5)cc4C3c3cc(C#Cc4ccc(C(C)(C)C)cc4)ccc32)cc1. The van der Waals surface area contributed by atoms with Crippen LogP contribution in [0.5, 0.6) is 0 Å². The summed E-state index contributed by atoms with van der Waals surface area (Å²) in [5.74, 6) is 21.0. The molecule has 0 saturated carbocycles. The molecule has 6 aromatic rings. The minimum atomic E-state index is 0.0904. The fraction of sp³-hybridized carbons (Fsp3) is 0.250. The molecule has 0 aliphatic heterocycles. The third-order valence-corrected chi connectivity index (χ3v) is 11.4. The summed E-state index contributed by atoms with van der Waals surface area (Å²) in [6.45, 7) is 20.2. The maximum Gasteiger partial charge on any atom is 0.0350 e. The van der Waals surface area contributed by atoms with Gasteiger partial charge in [-0.1, -0.05) is 152 Å². The zero-order valence-electron chi connectivity index (χ0n) is 34.3. The van der Waals surface area contributed by atoms with Gasteiger partial charge in [-0.25, -0.2) is 0 Å². The quantitative estimate of drug-likeness (QED) is 0.137. The van der Waals surface area contributed by atoms with Crippen LogP contribution in [0.15, 0.2) is 127 Å². The Bertz CT molecular complexity index is 2530. The third-order valence-electron chi connectivity index (χ3n) is 11.4. The van der Waals surface area contributed by atoms with E-state index in [9.17, 15) is 0 Å².